The maximum atomic E-state index is 9.51. The number of aliphatic hydroxyl groups excluding tert-OH is 1. The lowest BCUT2D eigenvalue weighted by molar-refractivity contribution is 0.236. The second-order valence-electron chi connectivity index (χ2n) is 5.56. The number of anilines is 2. The van der Waals surface area contributed by atoms with E-state index in [0.29, 0.717) is 6.04 Å². The summed E-state index contributed by atoms with van der Waals surface area (Å²) in [5.41, 5.74) is 2.54. The van der Waals surface area contributed by atoms with Crippen molar-refractivity contribution in [1.82, 2.24) is 5.32 Å². The smallest absolute Gasteiger partial charge is 0.0605 e. The summed E-state index contributed by atoms with van der Waals surface area (Å²) < 4.78 is 0. The fraction of sp³-hybridized carbons (Fsp3) is 0.600. The zero-order valence-electron chi connectivity index (χ0n) is 12.1. The average molecular weight is 263 g/mol. The molecule has 0 saturated carbocycles. The van der Waals surface area contributed by atoms with Gasteiger partial charge in [-0.05, 0) is 12.1 Å². The molecule has 0 radical (unpaired) electrons. The Balaban J connectivity index is 2.11. The van der Waals surface area contributed by atoms with Gasteiger partial charge in [-0.15, -0.1) is 0 Å². The maximum Gasteiger partial charge on any atom is 0.0605 e. The highest BCUT2D eigenvalue weighted by Crippen LogP contribution is 2.31. The van der Waals surface area contributed by atoms with Gasteiger partial charge in [0.05, 0.1) is 18.0 Å². The molecule has 0 bridgehead atoms. The Morgan fingerprint density at radius 1 is 1.21 bits per heavy atom. The van der Waals surface area contributed by atoms with Gasteiger partial charge in [0.2, 0.25) is 0 Å². The van der Waals surface area contributed by atoms with Crippen LogP contribution in [0.4, 0.5) is 11.4 Å². The van der Waals surface area contributed by atoms with Crippen LogP contribution < -0.4 is 15.1 Å². The molecule has 4 nitrogen and oxygen atoms in total. The van der Waals surface area contributed by atoms with Crippen molar-refractivity contribution in [3.8, 4) is 0 Å². The van der Waals surface area contributed by atoms with Crippen molar-refractivity contribution in [3.05, 3.63) is 24.3 Å². The summed E-state index contributed by atoms with van der Waals surface area (Å²) in [6.45, 7) is 7.27. The normalized spacial score (nSPS) is 16.7. The molecule has 1 atom stereocenters. The largest absolute Gasteiger partial charge is 0.395 e. The van der Waals surface area contributed by atoms with Crippen LogP contribution in [0.25, 0.3) is 0 Å². The molecule has 0 aliphatic carbocycles. The Kier molecular flexibility index (Phi) is 4.66. The Bertz CT molecular complexity index is 408. The topological polar surface area (TPSA) is 38.7 Å². The monoisotopic (exact) mass is 263 g/mol. The van der Waals surface area contributed by atoms with Crippen molar-refractivity contribution in [2.24, 2.45) is 0 Å². The molecule has 0 amide bonds. The number of fused-ring (bicyclic) bond motifs is 1. The van der Waals surface area contributed by atoms with Gasteiger partial charge in [0.15, 0.2) is 0 Å². The summed E-state index contributed by atoms with van der Waals surface area (Å²) in [7, 11) is 2.13. The van der Waals surface area contributed by atoms with Crippen molar-refractivity contribution in [2.45, 2.75) is 25.9 Å². The highest BCUT2D eigenvalue weighted by atomic mass is 16.3. The van der Waals surface area contributed by atoms with Crippen molar-refractivity contribution >= 4 is 11.4 Å². The quantitative estimate of drug-likeness (QED) is 0.840. The highest BCUT2D eigenvalue weighted by Gasteiger charge is 2.22. The number of benzene rings is 1. The van der Waals surface area contributed by atoms with Crippen molar-refractivity contribution in [3.63, 3.8) is 0 Å². The van der Waals surface area contributed by atoms with E-state index in [1.807, 2.05) is 0 Å². The van der Waals surface area contributed by atoms with Crippen LogP contribution in [0.15, 0.2) is 24.3 Å². The zero-order chi connectivity index (χ0) is 13.8. The Morgan fingerprint density at radius 3 is 2.53 bits per heavy atom. The number of nitrogens with zero attached hydrogens (tertiary/aromatic N) is 2. The zero-order valence-corrected chi connectivity index (χ0v) is 12.1. The van der Waals surface area contributed by atoms with Crippen LogP contribution >= 0.6 is 0 Å². The molecule has 1 heterocycles. The number of hydrogen-bond acceptors (Lipinski definition) is 4. The van der Waals surface area contributed by atoms with E-state index in [-0.39, 0.29) is 12.6 Å². The predicted molar refractivity (Wildman–Crippen MR) is 81.1 cm³/mol. The van der Waals surface area contributed by atoms with Gasteiger partial charge in [0.25, 0.3) is 0 Å². The van der Waals surface area contributed by atoms with Crippen LogP contribution in [-0.2, 0) is 0 Å². The first-order valence-electron chi connectivity index (χ1n) is 7.04. The van der Waals surface area contributed by atoms with Crippen LogP contribution in [0.1, 0.15) is 13.8 Å². The summed E-state index contributed by atoms with van der Waals surface area (Å²) in [6, 6.07) is 8.99. The lowest BCUT2D eigenvalue weighted by atomic mass is 10.1. The standard InChI is InChI=1S/C15H25N3O/c1-12(2)16-13(11-19)10-18-9-8-17(3)14-6-4-5-7-15(14)18/h4-7,12-13,16,19H,8-11H2,1-3H3. The number of para-hydroxylation sites is 2. The van der Waals surface area contributed by atoms with Crippen molar-refractivity contribution < 1.29 is 5.11 Å². The minimum atomic E-state index is 0.122. The summed E-state index contributed by atoms with van der Waals surface area (Å²) >= 11 is 0. The van der Waals surface area contributed by atoms with E-state index in [1.165, 1.54) is 11.4 Å². The predicted octanol–water partition coefficient (Wildman–Crippen LogP) is 1.30. The van der Waals surface area contributed by atoms with Gasteiger partial charge in [0, 0.05) is 38.8 Å². The van der Waals surface area contributed by atoms with Gasteiger partial charge in [-0.2, -0.15) is 0 Å². The molecule has 2 N–H and O–H groups in total. The number of likely N-dealkylation sites (N-methyl/N-ethyl adjacent to an activating group) is 1. The summed E-state index contributed by atoms with van der Waals surface area (Å²) in [5, 5.41) is 12.9. The lowest BCUT2D eigenvalue weighted by Gasteiger charge is -2.38. The van der Waals surface area contributed by atoms with Crippen LogP contribution in [0.3, 0.4) is 0 Å². The molecule has 1 aromatic rings. The fourth-order valence-electron chi connectivity index (χ4n) is 2.66. The minimum Gasteiger partial charge on any atom is -0.395 e. The van der Waals surface area contributed by atoms with Crippen LogP contribution in [0, 0.1) is 0 Å². The molecule has 106 valence electrons. The maximum absolute atomic E-state index is 9.51. The summed E-state index contributed by atoms with van der Waals surface area (Å²) in [6.07, 6.45) is 0. The Morgan fingerprint density at radius 2 is 1.89 bits per heavy atom. The molecule has 0 spiro atoms. The number of rotatable bonds is 5. The van der Waals surface area contributed by atoms with E-state index in [9.17, 15) is 5.11 Å². The molecular weight excluding hydrogens is 238 g/mol. The second-order valence-corrected chi connectivity index (χ2v) is 5.56. The first kappa shape index (κ1) is 14.2. The number of hydrogen-bond donors (Lipinski definition) is 2. The van der Waals surface area contributed by atoms with E-state index in [1.54, 1.807) is 0 Å². The number of aliphatic hydroxyl groups is 1. The molecule has 0 aromatic heterocycles. The molecule has 0 fully saturated rings. The van der Waals surface area contributed by atoms with Crippen LogP contribution in [0.5, 0.6) is 0 Å². The van der Waals surface area contributed by atoms with Crippen molar-refractivity contribution in [2.75, 3.05) is 43.1 Å². The molecule has 0 saturated heterocycles. The van der Waals surface area contributed by atoms with Gasteiger partial charge in [-0.3, -0.25) is 0 Å². The minimum absolute atomic E-state index is 0.122. The molecule has 1 aromatic carbocycles. The van der Waals surface area contributed by atoms with E-state index in [4.69, 9.17) is 0 Å². The summed E-state index contributed by atoms with van der Waals surface area (Å²) in [5.74, 6) is 0. The third kappa shape index (κ3) is 3.39. The van der Waals surface area contributed by atoms with E-state index in [0.717, 1.165) is 19.6 Å². The van der Waals surface area contributed by atoms with Gasteiger partial charge >= 0.3 is 0 Å². The SMILES string of the molecule is CC(C)NC(CO)CN1CCN(C)c2ccccc21. The Hall–Kier alpha value is -1.26. The van der Waals surface area contributed by atoms with E-state index >= 15 is 0 Å². The molecule has 19 heavy (non-hydrogen) atoms. The van der Waals surface area contributed by atoms with Gasteiger partial charge in [-0.1, -0.05) is 26.0 Å². The third-order valence-corrected chi connectivity index (χ3v) is 3.57. The van der Waals surface area contributed by atoms with E-state index in [2.05, 4.69) is 60.3 Å². The number of nitrogens with one attached hydrogen (secondary N) is 1. The van der Waals surface area contributed by atoms with E-state index < -0.39 is 0 Å². The van der Waals surface area contributed by atoms with Gasteiger partial charge < -0.3 is 20.2 Å². The fourth-order valence-corrected chi connectivity index (χ4v) is 2.66. The average Bonchev–Trinajstić information content (AvgIpc) is 2.41. The molecule has 1 aliphatic rings. The first-order valence-corrected chi connectivity index (χ1v) is 7.04. The van der Waals surface area contributed by atoms with Gasteiger partial charge in [-0.25, -0.2) is 0 Å². The molecular formula is C15H25N3O. The lowest BCUT2D eigenvalue weighted by Crippen LogP contribution is -2.49. The Labute approximate surface area is 116 Å². The highest BCUT2D eigenvalue weighted by molar-refractivity contribution is 5.73. The second kappa shape index (κ2) is 6.26. The van der Waals surface area contributed by atoms with Crippen LogP contribution in [-0.4, -0.2) is 50.5 Å². The van der Waals surface area contributed by atoms with Crippen molar-refractivity contribution in [1.29, 1.82) is 0 Å². The first-order chi connectivity index (χ1) is 9.11. The molecule has 4 heteroatoms. The summed E-state index contributed by atoms with van der Waals surface area (Å²) in [4.78, 5) is 4.65. The third-order valence-electron chi connectivity index (χ3n) is 3.57. The van der Waals surface area contributed by atoms with Gasteiger partial charge in [0.1, 0.15) is 0 Å². The molecule has 1 aliphatic heterocycles. The molecule has 1 unspecified atom stereocenters. The molecule has 2 rings (SSSR count). The van der Waals surface area contributed by atoms with Crippen LogP contribution in [0.2, 0.25) is 0 Å².